The number of hydrogen-bond donors (Lipinski definition) is 0. The minimum atomic E-state index is 0. The van der Waals surface area contributed by atoms with Gasteiger partial charge in [-0.15, -0.1) is 12.4 Å². The second-order valence-corrected chi connectivity index (χ2v) is 1.92. The van der Waals surface area contributed by atoms with Crippen molar-refractivity contribution in [2.75, 3.05) is 13.6 Å². The van der Waals surface area contributed by atoms with Gasteiger partial charge in [0.1, 0.15) is 0 Å². The monoisotopic (exact) mass is 337 g/mol. The predicted octanol–water partition coefficient (Wildman–Crippen LogP) is 0.658. The van der Waals surface area contributed by atoms with Crippen molar-refractivity contribution >= 4 is 18.3 Å². The molecule has 0 saturated carbocycles. The average Bonchev–Trinajstić information content (AvgIpc) is 1.91. The van der Waals surface area contributed by atoms with Crippen LogP contribution in [0.1, 0.15) is 12.8 Å². The van der Waals surface area contributed by atoms with Crippen molar-refractivity contribution in [3.8, 4) is 0 Å². The van der Waals surface area contributed by atoms with Crippen molar-refractivity contribution in [3.63, 3.8) is 0 Å². The molecule has 0 atom stereocenters. The van der Waals surface area contributed by atoms with Crippen molar-refractivity contribution in [2.45, 2.75) is 12.8 Å². The summed E-state index contributed by atoms with van der Waals surface area (Å²) in [6.07, 6.45) is 1.81. The number of halogens is 1. The third-order valence-electron chi connectivity index (χ3n) is 1.31. The second-order valence-electron chi connectivity index (χ2n) is 1.92. The van der Waals surface area contributed by atoms with Gasteiger partial charge < -0.3 is 4.90 Å². The van der Waals surface area contributed by atoms with Gasteiger partial charge in [0.05, 0.1) is 0 Å². The maximum atomic E-state index is 10.5. The first kappa shape index (κ1) is 12.4. The molecule has 0 aromatic carbocycles. The van der Waals surface area contributed by atoms with E-state index in [0.717, 1.165) is 19.4 Å². The number of likely N-dealkylation sites (tertiary alicyclic amines) is 1. The zero-order chi connectivity index (χ0) is 5.28. The minimum absolute atomic E-state index is 0. The molecule has 0 spiro atoms. The molecule has 0 aromatic heterocycles. The van der Waals surface area contributed by atoms with Crippen molar-refractivity contribution in [3.05, 3.63) is 0 Å². The molecule has 1 heterocycles. The van der Waals surface area contributed by atoms with Gasteiger partial charge in [-0.25, -0.2) is 0 Å². The molecular formula is C5H10ClHgNO. The van der Waals surface area contributed by atoms with E-state index in [0.29, 0.717) is 5.91 Å². The fourth-order valence-corrected chi connectivity index (χ4v) is 0.783. The number of carbonyl (C=O) groups is 1. The van der Waals surface area contributed by atoms with Crippen LogP contribution in [0.15, 0.2) is 0 Å². The average molecular weight is 336 g/mol. The van der Waals surface area contributed by atoms with Gasteiger partial charge in [0.25, 0.3) is 0 Å². The summed E-state index contributed by atoms with van der Waals surface area (Å²) in [4.78, 5) is 12.3. The molecule has 9 heavy (non-hydrogen) atoms. The van der Waals surface area contributed by atoms with Crippen molar-refractivity contribution in [1.82, 2.24) is 4.90 Å². The SMILES string of the molecule is CN1CCCC1=O.Cl.[Hg]. The summed E-state index contributed by atoms with van der Waals surface area (Å²) in [5.74, 6) is 0.292. The number of rotatable bonds is 0. The molecule has 50 valence electrons. The molecule has 0 radical (unpaired) electrons. The van der Waals surface area contributed by atoms with E-state index < -0.39 is 0 Å². The number of carbonyl (C=O) groups excluding carboxylic acids is 1. The molecule has 1 aliphatic rings. The van der Waals surface area contributed by atoms with E-state index >= 15 is 0 Å². The fourth-order valence-electron chi connectivity index (χ4n) is 0.783. The summed E-state index contributed by atoms with van der Waals surface area (Å²) in [6.45, 7) is 0.957. The first-order valence-electron chi connectivity index (χ1n) is 2.54. The van der Waals surface area contributed by atoms with Crippen molar-refractivity contribution < 1.29 is 32.5 Å². The zero-order valence-corrected chi connectivity index (χ0v) is 11.9. The first-order valence-corrected chi connectivity index (χ1v) is 2.54. The molecule has 1 fully saturated rings. The van der Waals surface area contributed by atoms with E-state index in [4.69, 9.17) is 0 Å². The van der Waals surface area contributed by atoms with Gasteiger partial charge in [0.15, 0.2) is 0 Å². The molecule has 1 saturated heterocycles. The van der Waals surface area contributed by atoms with Crippen LogP contribution >= 0.6 is 12.4 Å². The van der Waals surface area contributed by atoms with Gasteiger partial charge >= 0.3 is 0 Å². The number of amides is 1. The molecule has 2 nitrogen and oxygen atoms in total. The van der Waals surface area contributed by atoms with Crippen LogP contribution in [0, 0.1) is 0 Å². The quantitative estimate of drug-likeness (QED) is 0.595. The summed E-state index contributed by atoms with van der Waals surface area (Å²) in [5, 5.41) is 0. The Labute approximate surface area is 81.9 Å². The maximum Gasteiger partial charge on any atom is 0.222 e. The van der Waals surface area contributed by atoms with Gasteiger partial charge in [-0.3, -0.25) is 4.79 Å². The van der Waals surface area contributed by atoms with Gasteiger partial charge in [-0.05, 0) is 6.42 Å². The molecule has 1 amide bonds. The Kier molecular flexibility index (Phi) is 7.53. The van der Waals surface area contributed by atoms with Gasteiger partial charge in [0.2, 0.25) is 5.91 Å². The van der Waals surface area contributed by atoms with Crippen LogP contribution in [0.3, 0.4) is 0 Å². The molecule has 0 aliphatic carbocycles. The number of hydrogen-bond acceptors (Lipinski definition) is 1. The van der Waals surface area contributed by atoms with Gasteiger partial charge in [0, 0.05) is 47.7 Å². The van der Waals surface area contributed by atoms with Gasteiger partial charge in [-0.2, -0.15) is 0 Å². The standard InChI is InChI=1S/C5H9NO.ClH.Hg/c1-6-4-2-3-5(6)7;;/h2-4H2,1H3;1H;. The van der Waals surface area contributed by atoms with Crippen LogP contribution in [0.4, 0.5) is 0 Å². The van der Waals surface area contributed by atoms with E-state index in [1.165, 1.54) is 0 Å². The molecule has 0 aromatic rings. The molecule has 0 N–H and O–H groups in total. The Morgan fingerprint density at radius 2 is 2.11 bits per heavy atom. The Morgan fingerprint density at radius 3 is 2.22 bits per heavy atom. The van der Waals surface area contributed by atoms with E-state index in [-0.39, 0.29) is 40.1 Å². The molecule has 1 aliphatic heterocycles. The first-order chi connectivity index (χ1) is 3.30. The summed E-state index contributed by atoms with van der Waals surface area (Å²) in [7, 11) is 1.84. The van der Waals surface area contributed by atoms with Crippen LogP contribution in [0.2, 0.25) is 0 Å². The molecule has 1 rings (SSSR count). The maximum absolute atomic E-state index is 10.5. The third kappa shape index (κ3) is 3.41. The largest absolute Gasteiger partial charge is 0.346 e. The van der Waals surface area contributed by atoms with Crippen LogP contribution in [0.25, 0.3) is 0 Å². The van der Waals surface area contributed by atoms with Crippen LogP contribution < -0.4 is 0 Å². The topological polar surface area (TPSA) is 20.3 Å². The third-order valence-corrected chi connectivity index (χ3v) is 1.31. The van der Waals surface area contributed by atoms with Crippen molar-refractivity contribution in [1.29, 1.82) is 0 Å². The predicted molar refractivity (Wildman–Crippen MR) is 34.1 cm³/mol. The normalized spacial score (nSPS) is 16.6. The van der Waals surface area contributed by atoms with Crippen molar-refractivity contribution in [2.24, 2.45) is 0 Å². The van der Waals surface area contributed by atoms with Crippen LogP contribution in [-0.2, 0) is 32.5 Å². The van der Waals surface area contributed by atoms with Crippen LogP contribution in [-0.4, -0.2) is 24.4 Å². The van der Waals surface area contributed by atoms with E-state index in [1.807, 2.05) is 7.05 Å². The molecule has 0 bridgehead atoms. The second kappa shape index (κ2) is 5.48. The Bertz CT molecular complexity index is 99.0. The molecule has 0 unspecified atom stereocenters. The Hall–Kier alpha value is 0.695. The smallest absolute Gasteiger partial charge is 0.222 e. The summed E-state index contributed by atoms with van der Waals surface area (Å²) in [5.41, 5.74) is 0. The zero-order valence-electron chi connectivity index (χ0n) is 5.59. The Balaban J connectivity index is 0. The fraction of sp³-hybridized carbons (Fsp3) is 0.800. The molecular weight excluding hydrogens is 326 g/mol. The van der Waals surface area contributed by atoms with E-state index in [2.05, 4.69) is 0 Å². The Morgan fingerprint density at radius 1 is 1.56 bits per heavy atom. The van der Waals surface area contributed by atoms with E-state index in [1.54, 1.807) is 4.90 Å². The van der Waals surface area contributed by atoms with Gasteiger partial charge in [-0.1, -0.05) is 0 Å². The van der Waals surface area contributed by atoms with E-state index in [9.17, 15) is 4.79 Å². The number of nitrogens with zero attached hydrogens (tertiary/aromatic N) is 1. The summed E-state index contributed by atoms with van der Waals surface area (Å²) < 4.78 is 0. The summed E-state index contributed by atoms with van der Waals surface area (Å²) >= 11 is 0. The summed E-state index contributed by atoms with van der Waals surface area (Å²) in [6, 6.07) is 0. The minimum Gasteiger partial charge on any atom is -0.346 e. The molecule has 4 heteroatoms. The van der Waals surface area contributed by atoms with Crippen LogP contribution in [0.5, 0.6) is 0 Å².